The van der Waals surface area contributed by atoms with Crippen LogP contribution in [0.3, 0.4) is 0 Å². The second kappa shape index (κ2) is 10.3. The molecule has 3 aromatic carbocycles. The Morgan fingerprint density at radius 1 is 0.757 bits per heavy atom. The number of nitrogens with zero attached hydrogens (tertiary/aromatic N) is 1. The number of aromatic nitrogens is 1. The zero-order chi connectivity index (χ0) is 26.6. The lowest BCUT2D eigenvalue weighted by Gasteiger charge is -2.14. The van der Waals surface area contributed by atoms with Gasteiger partial charge in [0, 0.05) is 17.2 Å². The number of nitrogens with two attached hydrogens (primary N) is 2. The SMILES string of the molecule is N=C(N)c1ccc(Oc2ccc(NS(=O)(=O)c3ccc(F)cc3)c(Oc3ccc(C(=N)N)cc3)n2)cc1. The lowest BCUT2D eigenvalue weighted by molar-refractivity contribution is 0.428. The minimum absolute atomic E-state index is 0.000697. The summed E-state index contributed by atoms with van der Waals surface area (Å²) in [7, 11) is -4.10. The number of anilines is 1. The van der Waals surface area contributed by atoms with Gasteiger partial charge in [-0.05, 0) is 78.9 Å². The number of rotatable bonds is 9. The van der Waals surface area contributed by atoms with Gasteiger partial charge in [-0.25, -0.2) is 12.8 Å². The molecule has 0 unspecified atom stereocenters. The van der Waals surface area contributed by atoms with Gasteiger partial charge in [0.2, 0.25) is 11.8 Å². The van der Waals surface area contributed by atoms with Gasteiger partial charge in [-0.1, -0.05) is 0 Å². The molecule has 0 aliphatic heterocycles. The van der Waals surface area contributed by atoms with E-state index in [1.807, 2.05) is 0 Å². The number of halogens is 1. The van der Waals surface area contributed by atoms with E-state index in [1.165, 1.54) is 12.1 Å². The smallest absolute Gasteiger partial charge is 0.262 e. The van der Waals surface area contributed by atoms with Crippen LogP contribution < -0.4 is 25.7 Å². The first kappa shape index (κ1) is 25.1. The zero-order valence-electron chi connectivity index (χ0n) is 19.1. The maximum atomic E-state index is 13.3. The summed E-state index contributed by atoms with van der Waals surface area (Å²) in [6.07, 6.45) is 0. The quantitative estimate of drug-likeness (QED) is 0.162. The van der Waals surface area contributed by atoms with Crippen LogP contribution in [-0.4, -0.2) is 25.1 Å². The molecule has 0 saturated carbocycles. The predicted octanol–water partition coefficient (Wildman–Crippen LogP) is 4.17. The number of sulfonamides is 1. The summed E-state index contributed by atoms with van der Waals surface area (Å²) in [6, 6.07) is 19.8. The highest BCUT2D eigenvalue weighted by Gasteiger charge is 2.19. The van der Waals surface area contributed by atoms with Crippen molar-refractivity contribution in [2.75, 3.05) is 4.72 Å². The predicted molar refractivity (Wildman–Crippen MR) is 137 cm³/mol. The van der Waals surface area contributed by atoms with Crippen molar-refractivity contribution in [1.29, 1.82) is 10.8 Å². The fourth-order valence-electron chi connectivity index (χ4n) is 3.09. The molecule has 4 rings (SSSR count). The highest BCUT2D eigenvalue weighted by atomic mass is 32.2. The molecule has 4 aromatic rings. The Kier molecular flexibility index (Phi) is 7.02. The first-order valence-corrected chi connectivity index (χ1v) is 12.1. The first-order valence-electron chi connectivity index (χ1n) is 10.6. The number of amidine groups is 2. The molecule has 10 nitrogen and oxygen atoms in total. The maximum absolute atomic E-state index is 13.3. The van der Waals surface area contributed by atoms with Gasteiger partial charge in [0.1, 0.15) is 34.7 Å². The van der Waals surface area contributed by atoms with Crippen molar-refractivity contribution in [3.63, 3.8) is 0 Å². The number of nitrogens with one attached hydrogen (secondary N) is 3. The molecule has 0 spiro atoms. The summed E-state index contributed by atoms with van der Waals surface area (Å²) in [5.41, 5.74) is 12.0. The monoisotopic (exact) mass is 520 g/mol. The number of ether oxygens (including phenoxy) is 2. The molecule has 12 heteroatoms. The van der Waals surface area contributed by atoms with Gasteiger partial charge in [0.15, 0.2) is 0 Å². The molecule has 1 heterocycles. The summed E-state index contributed by atoms with van der Waals surface area (Å²) in [5, 5.41) is 15.0. The molecule has 0 fully saturated rings. The lowest BCUT2D eigenvalue weighted by atomic mass is 10.2. The summed E-state index contributed by atoms with van der Waals surface area (Å²) < 4.78 is 53.0. The number of pyridine rings is 1. The van der Waals surface area contributed by atoms with Crippen molar-refractivity contribution < 1.29 is 22.3 Å². The average Bonchev–Trinajstić information content (AvgIpc) is 2.86. The van der Waals surface area contributed by atoms with Crippen LogP contribution in [0.25, 0.3) is 0 Å². The Bertz CT molecular complexity index is 1560. The van der Waals surface area contributed by atoms with Crippen LogP contribution in [0.4, 0.5) is 10.1 Å². The fourth-order valence-corrected chi connectivity index (χ4v) is 4.15. The Morgan fingerprint density at radius 3 is 1.78 bits per heavy atom. The van der Waals surface area contributed by atoms with Gasteiger partial charge in [-0.15, -0.1) is 0 Å². The van der Waals surface area contributed by atoms with Crippen molar-refractivity contribution in [2.24, 2.45) is 11.5 Å². The average molecular weight is 521 g/mol. The number of benzene rings is 3. The minimum atomic E-state index is -4.10. The number of nitrogen functional groups attached to an aromatic ring is 2. The van der Waals surface area contributed by atoms with E-state index in [1.54, 1.807) is 48.5 Å². The molecule has 7 N–H and O–H groups in total. The van der Waals surface area contributed by atoms with Crippen LogP contribution in [0.5, 0.6) is 23.3 Å². The molecule has 0 saturated heterocycles. The van der Waals surface area contributed by atoms with E-state index in [9.17, 15) is 12.8 Å². The fraction of sp³-hybridized carbons (Fsp3) is 0. The molecule has 0 aliphatic carbocycles. The minimum Gasteiger partial charge on any atom is -0.439 e. The van der Waals surface area contributed by atoms with Gasteiger partial charge in [-0.2, -0.15) is 4.98 Å². The first-order chi connectivity index (χ1) is 17.6. The van der Waals surface area contributed by atoms with Crippen LogP contribution in [0.15, 0.2) is 89.8 Å². The summed E-state index contributed by atoms with van der Waals surface area (Å²) in [6.45, 7) is 0. The standard InChI is InChI=1S/C25H21FN6O4S/c26-17-5-11-20(12-6-17)37(33,34)32-21-13-14-22(35-18-7-1-15(2-8-18)23(27)28)31-25(21)36-19-9-3-16(4-10-19)24(29)30/h1-14,32H,(H3,27,28)(H3,29,30). The molecular formula is C25H21FN6O4S. The van der Waals surface area contributed by atoms with Gasteiger partial charge in [0.05, 0.1) is 4.90 Å². The molecule has 1 aromatic heterocycles. The Balaban J connectivity index is 1.66. The molecule has 0 atom stereocenters. The van der Waals surface area contributed by atoms with Crippen molar-refractivity contribution in [2.45, 2.75) is 4.90 Å². The summed E-state index contributed by atoms with van der Waals surface area (Å²) in [4.78, 5) is 4.15. The molecule has 0 radical (unpaired) electrons. The van der Waals surface area contributed by atoms with Crippen molar-refractivity contribution in [3.8, 4) is 23.3 Å². The lowest BCUT2D eigenvalue weighted by Crippen LogP contribution is -2.14. The van der Waals surface area contributed by atoms with Crippen molar-refractivity contribution in [3.05, 3.63) is 102 Å². The second-order valence-electron chi connectivity index (χ2n) is 7.64. The van der Waals surface area contributed by atoms with E-state index in [0.717, 1.165) is 24.3 Å². The van der Waals surface area contributed by atoms with E-state index >= 15 is 0 Å². The normalized spacial score (nSPS) is 10.9. The maximum Gasteiger partial charge on any atom is 0.262 e. The zero-order valence-corrected chi connectivity index (χ0v) is 19.9. The molecule has 0 aliphatic rings. The third-order valence-corrected chi connectivity index (χ3v) is 6.35. The molecule has 188 valence electrons. The Morgan fingerprint density at radius 2 is 1.27 bits per heavy atom. The second-order valence-corrected chi connectivity index (χ2v) is 9.32. The third-order valence-electron chi connectivity index (χ3n) is 4.97. The Labute approximate surface area is 211 Å². The molecular weight excluding hydrogens is 499 g/mol. The summed E-state index contributed by atoms with van der Waals surface area (Å²) in [5.74, 6) is -0.125. The van der Waals surface area contributed by atoms with E-state index in [2.05, 4.69) is 9.71 Å². The van der Waals surface area contributed by atoms with E-state index in [-0.39, 0.29) is 34.0 Å². The van der Waals surface area contributed by atoms with Crippen LogP contribution in [-0.2, 0) is 10.0 Å². The van der Waals surface area contributed by atoms with Crippen LogP contribution in [0, 0.1) is 16.6 Å². The van der Waals surface area contributed by atoms with Crippen LogP contribution >= 0.6 is 0 Å². The van der Waals surface area contributed by atoms with Crippen LogP contribution in [0.1, 0.15) is 11.1 Å². The topological polar surface area (TPSA) is 177 Å². The molecule has 37 heavy (non-hydrogen) atoms. The van der Waals surface area contributed by atoms with Gasteiger partial charge < -0.3 is 20.9 Å². The van der Waals surface area contributed by atoms with E-state index in [4.69, 9.17) is 31.8 Å². The summed E-state index contributed by atoms with van der Waals surface area (Å²) >= 11 is 0. The van der Waals surface area contributed by atoms with E-state index < -0.39 is 15.8 Å². The van der Waals surface area contributed by atoms with Crippen molar-refractivity contribution in [1.82, 2.24) is 4.98 Å². The molecule has 0 bridgehead atoms. The number of hydrogen-bond acceptors (Lipinski definition) is 7. The molecule has 0 amide bonds. The van der Waals surface area contributed by atoms with Crippen molar-refractivity contribution >= 4 is 27.4 Å². The van der Waals surface area contributed by atoms with E-state index in [0.29, 0.717) is 22.6 Å². The van der Waals surface area contributed by atoms with Gasteiger partial charge in [-0.3, -0.25) is 15.5 Å². The van der Waals surface area contributed by atoms with Gasteiger partial charge >= 0.3 is 0 Å². The largest absolute Gasteiger partial charge is 0.439 e. The highest BCUT2D eigenvalue weighted by Crippen LogP contribution is 2.33. The highest BCUT2D eigenvalue weighted by molar-refractivity contribution is 7.92. The third kappa shape index (κ3) is 6.18. The number of hydrogen-bond donors (Lipinski definition) is 5. The Hall–Kier alpha value is -4.97. The van der Waals surface area contributed by atoms with Gasteiger partial charge in [0.25, 0.3) is 10.0 Å². The van der Waals surface area contributed by atoms with Crippen LogP contribution in [0.2, 0.25) is 0 Å².